The van der Waals surface area contributed by atoms with Crippen LogP contribution in [0.1, 0.15) is 26.3 Å². The van der Waals surface area contributed by atoms with Gasteiger partial charge in [0.25, 0.3) is 0 Å². The summed E-state index contributed by atoms with van der Waals surface area (Å²) in [5.74, 6) is 1.75. The van der Waals surface area contributed by atoms with Crippen LogP contribution in [0.2, 0.25) is 0 Å². The van der Waals surface area contributed by atoms with Crippen molar-refractivity contribution in [1.29, 1.82) is 0 Å². The molecule has 15 aromatic carbocycles. The number of hydrogen-bond acceptors (Lipinski definition) is 6. The number of para-hydroxylation sites is 8. The van der Waals surface area contributed by atoms with E-state index in [1.165, 1.54) is 163 Å². The van der Waals surface area contributed by atoms with Gasteiger partial charge in [-0.05, 0) is 174 Å². The van der Waals surface area contributed by atoms with E-state index in [2.05, 4.69) is 374 Å². The van der Waals surface area contributed by atoms with Gasteiger partial charge >= 0.3 is 13.7 Å². The summed E-state index contributed by atoms with van der Waals surface area (Å²) in [6, 6.07) is 128. The van der Waals surface area contributed by atoms with Crippen LogP contribution in [-0.4, -0.2) is 29.8 Å². The summed E-state index contributed by atoms with van der Waals surface area (Å²) >= 11 is 1.92. The molecule has 0 bridgehead atoms. The largest absolute Gasteiger partial charge is 0.453 e. The third kappa shape index (κ3) is 7.66. The van der Waals surface area contributed by atoms with Gasteiger partial charge in [0, 0.05) is 60.7 Å². The summed E-state index contributed by atoms with van der Waals surface area (Å²) in [7, 11) is -5.94. The third-order valence-corrected chi connectivity index (χ3v) is 34.8. The zero-order chi connectivity index (χ0) is 68.5. The maximum Gasteiger partial charge on any atom is 0.333 e. The van der Waals surface area contributed by atoms with E-state index in [9.17, 15) is 0 Å². The van der Waals surface area contributed by atoms with Crippen molar-refractivity contribution in [2.24, 2.45) is 0 Å². The van der Waals surface area contributed by atoms with Gasteiger partial charge in [0.2, 0.25) is 0 Å². The summed E-state index contributed by atoms with van der Waals surface area (Å²) in [4.78, 5) is 13.3. The molecular formula is C94H64B2N4OSSi2. The van der Waals surface area contributed by atoms with E-state index in [1.807, 2.05) is 11.8 Å². The van der Waals surface area contributed by atoms with E-state index in [1.54, 1.807) is 0 Å². The molecule has 8 heterocycles. The molecule has 486 valence electrons. The lowest BCUT2D eigenvalue weighted by Crippen LogP contribution is -2.79. The van der Waals surface area contributed by atoms with Crippen molar-refractivity contribution in [1.82, 2.24) is 0 Å². The molecule has 0 aromatic heterocycles. The van der Waals surface area contributed by atoms with Crippen LogP contribution >= 0.6 is 11.8 Å². The summed E-state index contributed by atoms with van der Waals surface area (Å²) in [5, 5.41) is 11.2. The molecule has 23 rings (SSSR count). The molecule has 0 unspecified atom stereocenters. The lowest BCUT2D eigenvalue weighted by molar-refractivity contribution is 0.478. The molecular weight excluding hydrogens is 1310 g/mol. The van der Waals surface area contributed by atoms with Crippen molar-refractivity contribution >= 4 is 162 Å². The molecule has 8 aliphatic rings. The minimum absolute atomic E-state index is 0.108. The molecule has 0 N–H and O–H groups in total. The Balaban J connectivity index is 0.691. The first-order valence-corrected chi connectivity index (χ1v) is 41.3. The van der Waals surface area contributed by atoms with Crippen molar-refractivity contribution in [3.05, 3.63) is 339 Å². The lowest BCUT2D eigenvalue weighted by atomic mass is 9.43. The van der Waals surface area contributed by atoms with Crippen LogP contribution in [0.4, 0.5) is 56.9 Å². The van der Waals surface area contributed by atoms with E-state index < -0.39 is 16.1 Å². The smallest absolute Gasteiger partial charge is 0.333 e. The van der Waals surface area contributed by atoms with Gasteiger partial charge < -0.3 is 24.2 Å². The van der Waals surface area contributed by atoms with Gasteiger partial charge in [0.15, 0.2) is 21.9 Å². The molecule has 8 aliphatic heterocycles. The Hall–Kier alpha value is -11.8. The highest BCUT2D eigenvalue weighted by molar-refractivity contribution is 7.99. The van der Waals surface area contributed by atoms with Crippen LogP contribution in [0.3, 0.4) is 0 Å². The summed E-state index contributed by atoms with van der Waals surface area (Å²) in [6.45, 7) is 6.86. The highest BCUT2D eigenvalue weighted by Gasteiger charge is 2.58. The number of benzene rings is 15. The fourth-order valence-electron chi connectivity index (χ4n) is 19.8. The Morgan fingerprint density at radius 1 is 0.298 bits per heavy atom. The van der Waals surface area contributed by atoms with Crippen LogP contribution in [0, 0.1) is 0 Å². The monoisotopic (exact) mass is 1370 g/mol. The predicted molar refractivity (Wildman–Crippen MR) is 442 cm³/mol. The van der Waals surface area contributed by atoms with E-state index >= 15 is 0 Å². The molecule has 0 saturated carbocycles. The number of ether oxygens (including phenoxy) is 1. The Bertz CT molecular complexity index is 6150. The molecule has 0 aliphatic carbocycles. The Kier molecular flexibility index (Phi) is 12.1. The molecule has 0 fully saturated rings. The normalized spacial score (nSPS) is 15.1. The summed E-state index contributed by atoms with van der Waals surface area (Å²) in [5.41, 5.74) is 28.6. The summed E-state index contributed by atoms with van der Waals surface area (Å²) in [6.07, 6.45) is 0. The Labute approximate surface area is 612 Å². The number of anilines is 10. The molecule has 0 saturated heterocycles. The van der Waals surface area contributed by atoms with E-state index in [4.69, 9.17) is 4.74 Å². The topological polar surface area (TPSA) is 22.2 Å². The average Bonchev–Trinajstić information content (AvgIpc) is 0.672. The van der Waals surface area contributed by atoms with Gasteiger partial charge in [-0.2, -0.15) is 0 Å². The molecule has 0 amide bonds. The first-order valence-electron chi connectivity index (χ1n) is 36.4. The predicted octanol–water partition coefficient (Wildman–Crippen LogP) is 15.7. The number of rotatable bonds is 6. The quantitative estimate of drug-likeness (QED) is 0.154. The fourth-order valence-corrected chi connectivity index (χ4v) is 31.3. The van der Waals surface area contributed by atoms with Gasteiger partial charge in [-0.15, -0.1) is 0 Å². The van der Waals surface area contributed by atoms with Gasteiger partial charge in [-0.3, -0.25) is 0 Å². The minimum atomic E-state index is -2.98. The zero-order valence-electron chi connectivity index (χ0n) is 57.5. The van der Waals surface area contributed by atoms with E-state index in [-0.39, 0.29) is 19.1 Å². The SMILES string of the molecule is CC(C)(C)c1cc2c3c(c1)N1c4ccccc4[Si](c4ccccc4)(c4ccccc4)c4cccc(c41)B3N1c3ccc(-c4ccc(-c5cc6c7c(c5)N5c8ccccc8[Si](c8ccccc8)(c8ccccc8)c8cccc(c85)B7N5c7ccccc7Oc7cccc-6c75)cc4)cc3Sc3cccc-2c31. The molecule has 5 nitrogen and oxygen atoms in total. The standard InChI is InChI=1S/C94H64B2N4OSSi2/c1-94(2,3)63-57-71-69-35-23-43-82-91(69)100(96-73-37-25-47-87-93(73)98(79(58-63)89(71)96)77-40-18-21-45-85(77)104(87,66-30-12-6-13-31-66)67-32-14-7-15-33-67)75-53-52-61(56-83(75)102-82)59-48-50-60(51-49-59)62-54-70-68-34-22-42-81-90(68)99(74-38-16-19-41-80(74)101-81)95-72-36-24-46-86-92(72)97(78(55-62)88(70)95)76-39-17-20-44-84(76)103(86,64-26-8-4-9-27-64)65-28-10-5-11-29-65/h4-58H,1-3H3. The van der Waals surface area contributed by atoms with Gasteiger partial charge in [-0.25, -0.2) is 0 Å². The average molecular weight is 1380 g/mol. The number of nitrogens with zero attached hydrogens (tertiary/aromatic N) is 4. The maximum absolute atomic E-state index is 6.95. The van der Waals surface area contributed by atoms with Gasteiger partial charge in [0.1, 0.15) is 5.75 Å². The maximum atomic E-state index is 6.95. The van der Waals surface area contributed by atoms with Crippen molar-refractivity contribution < 1.29 is 4.74 Å². The molecule has 0 radical (unpaired) electrons. The van der Waals surface area contributed by atoms with Gasteiger partial charge in [0.05, 0.1) is 17.1 Å². The Morgan fingerprint density at radius 3 is 1.31 bits per heavy atom. The van der Waals surface area contributed by atoms with Crippen molar-refractivity contribution in [3.63, 3.8) is 0 Å². The van der Waals surface area contributed by atoms with Crippen LogP contribution in [0.25, 0.3) is 44.5 Å². The zero-order valence-corrected chi connectivity index (χ0v) is 60.3. The van der Waals surface area contributed by atoms with E-state index in [0.717, 1.165) is 28.4 Å². The summed E-state index contributed by atoms with van der Waals surface area (Å²) < 4.78 is 6.95. The second-order valence-corrected chi connectivity index (χ2v) is 38.6. The highest BCUT2D eigenvalue weighted by Crippen LogP contribution is 2.59. The molecule has 104 heavy (non-hydrogen) atoms. The third-order valence-electron chi connectivity index (χ3n) is 24.0. The van der Waals surface area contributed by atoms with Crippen LogP contribution < -0.4 is 87.5 Å². The van der Waals surface area contributed by atoms with Crippen LogP contribution in [0.5, 0.6) is 11.5 Å². The highest BCUT2D eigenvalue weighted by atomic mass is 32.2. The lowest BCUT2D eigenvalue weighted by Gasteiger charge is -2.52. The molecule has 10 heteroatoms. The number of hydrogen-bond donors (Lipinski definition) is 0. The van der Waals surface area contributed by atoms with Crippen molar-refractivity contribution in [2.75, 3.05) is 19.4 Å². The van der Waals surface area contributed by atoms with Crippen molar-refractivity contribution in [2.45, 2.75) is 36.0 Å². The molecule has 0 atom stereocenters. The second kappa shape index (κ2) is 21.4. The molecule has 15 aromatic rings. The second-order valence-electron chi connectivity index (χ2n) is 30.1. The minimum Gasteiger partial charge on any atom is -0.453 e. The van der Waals surface area contributed by atoms with E-state index in [0.29, 0.717) is 0 Å². The number of fused-ring (bicyclic) bond motifs is 16. The first kappa shape index (κ1) is 58.8. The van der Waals surface area contributed by atoms with Crippen LogP contribution in [0.15, 0.2) is 343 Å². The Morgan fingerprint density at radius 2 is 0.740 bits per heavy atom. The van der Waals surface area contributed by atoms with Crippen LogP contribution in [-0.2, 0) is 5.41 Å². The van der Waals surface area contributed by atoms with Crippen molar-refractivity contribution in [3.8, 4) is 56.0 Å². The van der Waals surface area contributed by atoms with Gasteiger partial charge in [-0.1, -0.05) is 299 Å². The molecule has 0 spiro atoms. The first-order chi connectivity index (χ1) is 51.2. The fraction of sp³-hybridized carbons (Fsp3) is 0.0426.